The Morgan fingerprint density at radius 1 is 1.18 bits per heavy atom. The van der Waals surface area contributed by atoms with Crippen molar-refractivity contribution in [3.05, 3.63) is 0 Å². The van der Waals surface area contributed by atoms with E-state index in [1.807, 2.05) is 0 Å². The van der Waals surface area contributed by atoms with Crippen molar-refractivity contribution in [1.82, 2.24) is 5.32 Å². The number of hydrogen-bond donors (Lipinski definition) is 1. The summed E-state index contributed by atoms with van der Waals surface area (Å²) in [6.45, 7) is 1.44. The number of hydrogen-bond acceptors (Lipinski definition) is 3. The van der Waals surface area contributed by atoms with Gasteiger partial charge in [0.25, 0.3) is 0 Å². The second-order valence-corrected chi connectivity index (χ2v) is 6.06. The minimum Gasteiger partial charge on any atom is -0.378 e. The summed E-state index contributed by atoms with van der Waals surface area (Å²) >= 11 is 0. The lowest BCUT2D eigenvalue weighted by molar-refractivity contribution is 0.0760. The highest BCUT2D eigenvalue weighted by Crippen LogP contribution is 2.41. The van der Waals surface area contributed by atoms with Gasteiger partial charge in [0, 0.05) is 12.6 Å². The minimum absolute atomic E-state index is 0.370. The fourth-order valence-corrected chi connectivity index (χ4v) is 2.49. The van der Waals surface area contributed by atoms with Crippen LogP contribution < -0.4 is 5.32 Å². The Hall–Kier alpha value is -0.590. The van der Waals surface area contributed by atoms with E-state index in [1.165, 1.54) is 44.9 Å². The molecule has 0 aromatic carbocycles. The van der Waals surface area contributed by atoms with Crippen LogP contribution >= 0.6 is 0 Å². The highest BCUT2D eigenvalue weighted by Gasteiger charge is 2.48. The smallest absolute Gasteiger partial charge is 0.133 e. The average Bonchev–Trinajstić information content (AvgIpc) is 3.15. The summed E-state index contributed by atoms with van der Waals surface area (Å²) < 4.78 is 5.79. The van der Waals surface area contributed by atoms with E-state index in [2.05, 4.69) is 11.4 Å². The van der Waals surface area contributed by atoms with Crippen molar-refractivity contribution in [3.63, 3.8) is 0 Å². The maximum atomic E-state index is 9.49. The number of nitrogens with one attached hydrogen (secondary N) is 1. The van der Waals surface area contributed by atoms with Crippen molar-refractivity contribution in [2.24, 2.45) is 11.8 Å². The van der Waals surface area contributed by atoms with Crippen molar-refractivity contribution < 1.29 is 4.74 Å². The normalized spacial score (nSPS) is 27.5. The van der Waals surface area contributed by atoms with E-state index in [-0.39, 0.29) is 5.54 Å². The predicted molar refractivity (Wildman–Crippen MR) is 65.4 cm³/mol. The van der Waals surface area contributed by atoms with E-state index in [0.717, 1.165) is 12.5 Å². The molecule has 0 aliphatic heterocycles. The zero-order chi connectivity index (χ0) is 11.7. The first-order chi connectivity index (χ1) is 8.32. The molecular weight excluding hydrogens is 212 g/mol. The summed E-state index contributed by atoms with van der Waals surface area (Å²) in [6.07, 6.45) is 8.82. The van der Waals surface area contributed by atoms with Gasteiger partial charge < -0.3 is 4.74 Å². The molecule has 3 rings (SSSR count). The van der Waals surface area contributed by atoms with Gasteiger partial charge in [-0.2, -0.15) is 5.26 Å². The van der Waals surface area contributed by atoms with Gasteiger partial charge in [-0.3, -0.25) is 5.32 Å². The molecule has 3 fully saturated rings. The molecule has 94 valence electrons. The van der Waals surface area contributed by atoms with Crippen molar-refractivity contribution in [1.29, 1.82) is 5.26 Å². The molecule has 3 aliphatic rings. The quantitative estimate of drug-likeness (QED) is 0.655. The summed E-state index contributed by atoms with van der Waals surface area (Å²) in [5, 5.41) is 13.0. The Morgan fingerprint density at radius 2 is 1.94 bits per heavy atom. The molecule has 1 atom stereocenters. The molecule has 0 aromatic rings. The molecule has 0 saturated heterocycles. The van der Waals surface area contributed by atoms with Gasteiger partial charge in [-0.1, -0.05) is 12.8 Å². The topological polar surface area (TPSA) is 45.0 Å². The molecule has 0 radical (unpaired) electrons. The first kappa shape index (κ1) is 11.5. The predicted octanol–water partition coefficient (Wildman–Crippen LogP) is 2.23. The van der Waals surface area contributed by atoms with Gasteiger partial charge in [0.1, 0.15) is 5.54 Å². The van der Waals surface area contributed by atoms with Crippen LogP contribution in [-0.4, -0.2) is 24.8 Å². The SMILES string of the molecule is N#CC(COCCC1CC1)(NC1CC1)C1CC1. The van der Waals surface area contributed by atoms with Crippen molar-refractivity contribution >= 4 is 0 Å². The third kappa shape index (κ3) is 3.00. The average molecular weight is 234 g/mol. The van der Waals surface area contributed by atoms with E-state index in [1.54, 1.807) is 0 Å². The Labute approximate surface area is 104 Å². The molecule has 17 heavy (non-hydrogen) atoms. The van der Waals surface area contributed by atoms with E-state index in [4.69, 9.17) is 4.74 Å². The summed E-state index contributed by atoms with van der Waals surface area (Å²) in [5.41, 5.74) is -0.370. The Bertz CT molecular complexity index is 313. The largest absolute Gasteiger partial charge is 0.378 e. The minimum atomic E-state index is -0.370. The van der Waals surface area contributed by atoms with Gasteiger partial charge >= 0.3 is 0 Å². The van der Waals surface area contributed by atoms with E-state index in [0.29, 0.717) is 18.6 Å². The van der Waals surface area contributed by atoms with Crippen LogP contribution in [0, 0.1) is 23.2 Å². The lowest BCUT2D eigenvalue weighted by Crippen LogP contribution is -2.51. The fraction of sp³-hybridized carbons (Fsp3) is 0.929. The molecular formula is C14H22N2O. The number of ether oxygens (including phenoxy) is 1. The van der Waals surface area contributed by atoms with Crippen LogP contribution in [0.4, 0.5) is 0 Å². The van der Waals surface area contributed by atoms with Crippen LogP contribution in [0.5, 0.6) is 0 Å². The van der Waals surface area contributed by atoms with Crippen LogP contribution in [-0.2, 0) is 4.74 Å². The standard InChI is InChI=1S/C14H22N2O/c15-9-14(12-3-4-12,16-13-5-6-13)10-17-8-7-11-1-2-11/h11-13,16H,1-8,10H2. The molecule has 3 aliphatic carbocycles. The van der Waals surface area contributed by atoms with Crippen LogP contribution in [0.15, 0.2) is 0 Å². The monoisotopic (exact) mass is 234 g/mol. The first-order valence-electron chi connectivity index (χ1n) is 7.09. The Balaban J connectivity index is 1.47. The molecule has 0 aromatic heterocycles. The third-order valence-corrected chi connectivity index (χ3v) is 4.21. The third-order valence-electron chi connectivity index (χ3n) is 4.21. The van der Waals surface area contributed by atoms with Gasteiger partial charge in [0.2, 0.25) is 0 Å². The molecule has 3 heteroatoms. The zero-order valence-corrected chi connectivity index (χ0v) is 10.5. The summed E-state index contributed by atoms with van der Waals surface area (Å²) in [6, 6.07) is 3.10. The number of nitriles is 1. The molecule has 3 nitrogen and oxygen atoms in total. The van der Waals surface area contributed by atoms with Gasteiger partial charge in [-0.25, -0.2) is 0 Å². The lowest BCUT2D eigenvalue weighted by Gasteiger charge is -2.28. The van der Waals surface area contributed by atoms with Crippen LogP contribution in [0.1, 0.15) is 44.9 Å². The molecule has 3 saturated carbocycles. The second kappa shape index (κ2) is 4.59. The molecule has 1 N–H and O–H groups in total. The Kier molecular flexibility index (Phi) is 3.10. The van der Waals surface area contributed by atoms with Crippen molar-refractivity contribution in [2.45, 2.75) is 56.5 Å². The lowest BCUT2D eigenvalue weighted by atomic mass is 9.96. The Morgan fingerprint density at radius 3 is 2.47 bits per heavy atom. The molecule has 0 heterocycles. The maximum absolute atomic E-state index is 9.49. The van der Waals surface area contributed by atoms with Crippen LogP contribution in [0.3, 0.4) is 0 Å². The highest BCUT2D eigenvalue weighted by molar-refractivity contribution is 5.17. The fourth-order valence-electron chi connectivity index (χ4n) is 2.49. The van der Waals surface area contributed by atoms with Crippen molar-refractivity contribution in [2.75, 3.05) is 13.2 Å². The molecule has 1 unspecified atom stereocenters. The van der Waals surface area contributed by atoms with Gasteiger partial charge in [0.05, 0.1) is 12.7 Å². The maximum Gasteiger partial charge on any atom is 0.133 e. The molecule has 0 spiro atoms. The van der Waals surface area contributed by atoms with Crippen molar-refractivity contribution in [3.8, 4) is 6.07 Å². The zero-order valence-electron chi connectivity index (χ0n) is 10.5. The van der Waals surface area contributed by atoms with Gasteiger partial charge in [0.15, 0.2) is 0 Å². The summed E-state index contributed by atoms with van der Waals surface area (Å²) in [5.74, 6) is 1.46. The van der Waals surface area contributed by atoms with E-state index < -0.39 is 0 Å². The highest BCUT2D eigenvalue weighted by atomic mass is 16.5. The van der Waals surface area contributed by atoms with E-state index >= 15 is 0 Å². The number of nitrogens with zero attached hydrogens (tertiary/aromatic N) is 1. The summed E-state index contributed by atoms with van der Waals surface area (Å²) in [4.78, 5) is 0. The first-order valence-corrected chi connectivity index (χ1v) is 7.09. The van der Waals surface area contributed by atoms with Crippen LogP contribution in [0.2, 0.25) is 0 Å². The second-order valence-electron chi connectivity index (χ2n) is 6.06. The number of rotatable bonds is 8. The van der Waals surface area contributed by atoms with Gasteiger partial charge in [-0.05, 0) is 43.9 Å². The summed E-state index contributed by atoms with van der Waals surface area (Å²) in [7, 11) is 0. The molecule has 0 bridgehead atoms. The van der Waals surface area contributed by atoms with Crippen LogP contribution in [0.25, 0.3) is 0 Å². The van der Waals surface area contributed by atoms with Gasteiger partial charge in [-0.15, -0.1) is 0 Å². The molecule has 0 amide bonds. The van der Waals surface area contributed by atoms with E-state index in [9.17, 15) is 5.26 Å².